The van der Waals surface area contributed by atoms with Crippen LogP contribution in [0.3, 0.4) is 0 Å². The lowest BCUT2D eigenvalue weighted by molar-refractivity contribution is -0.182. The van der Waals surface area contributed by atoms with Crippen LogP contribution < -0.4 is 0 Å². The summed E-state index contributed by atoms with van der Waals surface area (Å²) >= 11 is 0. The van der Waals surface area contributed by atoms with Crippen molar-refractivity contribution in [2.75, 3.05) is 0 Å². The largest absolute Gasteiger partial charge is 0.481 e. The van der Waals surface area contributed by atoms with Gasteiger partial charge in [-0.3, -0.25) is 9.59 Å². The first kappa shape index (κ1) is 18.3. The van der Waals surface area contributed by atoms with Crippen LogP contribution in [0.25, 0.3) is 0 Å². The Balaban J connectivity index is 1.69. The van der Waals surface area contributed by atoms with Crippen LogP contribution in [-0.2, 0) is 14.3 Å². The van der Waals surface area contributed by atoms with Crippen LogP contribution in [0.4, 0.5) is 0 Å². The maximum atomic E-state index is 12.2. The molecule has 0 heterocycles. The molecule has 146 valence electrons. The average molecular weight is 363 g/mol. The minimum Gasteiger partial charge on any atom is -0.481 e. The Morgan fingerprint density at radius 3 is 2.35 bits per heavy atom. The molecule has 1 unspecified atom stereocenters. The second-order valence-corrected chi connectivity index (χ2v) is 10.8. The van der Waals surface area contributed by atoms with Crippen LogP contribution in [0.15, 0.2) is 0 Å². The summed E-state index contributed by atoms with van der Waals surface area (Å²) in [5.41, 5.74) is -0.120. The molecule has 4 aliphatic carbocycles. The molecule has 0 saturated heterocycles. The highest BCUT2D eigenvalue weighted by molar-refractivity contribution is 5.75. The second-order valence-electron chi connectivity index (χ2n) is 10.8. The zero-order valence-electron chi connectivity index (χ0n) is 16.8. The number of hydrogen-bond donors (Lipinski definition) is 1. The zero-order chi connectivity index (χ0) is 19.0. The number of hydrogen-bond acceptors (Lipinski definition) is 3. The molecule has 0 aromatic rings. The van der Waals surface area contributed by atoms with E-state index >= 15 is 0 Å². The number of carboxylic acids is 1. The summed E-state index contributed by atoms with van der Waals surface area (Å²) in [6.07, 6.45) is 9.55. The third-order valence-electron chi connectivity index (χ3n) is 9.37. The van der Waals surface area contributed by atoms with Crippen molar-refractivity contribution in [3.8, 4) is 0 Å². The first-order valence-corrected chi connectivity index (χ1v) is 10.5. The van der Waals surface area contributed by atoms with E-state index in [4.69, 9.17) is 4.74 Å². The molecule has 4 nitrogen and oxygen atoms in total. The van der Waals surface area contributed by atoms with Gasteiger partial charge in [0, 0.05) is 12.3 Å². The van der Waals surface area contributed by atoms with Gasteiger partial charge >= 0.3 is 11.9 Å². The van der Waals surface area contributed by atoms with E-state index in [0.29, 0.717) is 5.92 Å². The summed E-state index contributed by atoms with van der Waals surface area (Å²) in [6, 6.07) is 0. The van der Waals surface area contributed by atoms with Crippen LogP contribution in [0, 0.1) is 33.5 Å². The standard InChI is InChI=1S/C22H34O4/c1-14(23)26-17-12-22-11-7-15-20(3,8-5-9-21(15,4)18(24)25)16(22)6-10-19(17,2)13-22/h15-17H,5-13H2,1-4H3,(H,24,25)/t15-,16?,17+,19-,20+,21+,22-/m0/s1. The van der Waals surface area contributed by atoms with Crippen molar-refractivity contribution in [2.24, 2.45) is 33.5 Å². The Hall–Kier alpha value is -1.06. The predicted molar refractivity (Wildman–Crippen MR) is 98.5 cm³/mol. The number of fused-ring (bicyclic) bond motifs is 3. The van der Waals surface area contributed by atoms with Gasteiger partial charge in [0.2, 0.25) is 0 Å². The lowest BCUT2D eigenvalue weighted by atomic mass is 9.40. The number of aliphatic carboxylic acids is 1. The van der Waals surface area contributed by atoms with Crippen molar-refractivity contribution in [3.05, 3.63) is 0 Å². The van der Waals surface area contributed by atoms with Gasteiger partial charge < -0.3 is 9.84 Å². The van der Waals surface area contributed by atoms with Crippen LogP contribution in [-0.4, -0.2) is 23.1 Å². The normalized spacial score (nSPS) is 52.7. The van der Waals surface area contributed by atoms with E-state index in [9.17, 15) is 14.7 Å². The van der Waals surface area contributed by atoms with Crippen LogP contribution in [0.2, 0.25) is 0 Å². The molecule has 0 aromatic carbocycles. The van der Waals surface area contributed by atoms with Gasteiger partial charge in [-0.1, -0.05) is 20.3 Å². The van der Waals surface area contributed by atoms with Crippen molar-refractivity contribution >= 4 is 11.9 Å². The summed E-state index contributed by atoms with van der Waals surface area (Å²) in [7, 11) is 0. The third kappa shape index (κ3) is 2.26. The van der Waals surface area contributed by atoms with Gasteiger partial charge in [0.25, 0.3) is 0 Å². The van der Waals surface area contributed by atoms with Gasteiger partial charge in [-0.25, -0.2) is 0 Å². The molecule has 1 spiro atoms. The van der Waals surface area contributed by atoms with Gasteiger partial charge in [-0.05, 0) is 81.0 Å². The lowest BCUT2D eigenvalue weighted by Gasteiger charge is -2.63. The van der Waals surface area contributed by atoms with Crippen molar-refractivity contribution in [1.82, 2.24) is 0 Å². The van der Waals surface area contributed by atoms with Gasteiger partial charge in [-0.2, -0.15) is 0 Å². The second kappa shape index (κ2) is 5.48. The Kier molecular flexibility index (Phi) is 3.86. The van der Waals surface area contributed by atoms with Crippen molar-refractivity contribution in [1.29, 1.82) is 0 Å². The molecule has 0 radical (unpaired) electrons. The van der Waals surface area contributed by atoms with E-state index < -0.39 is 11.4 Å². The number of carbonyl (C=O) groups excluding carboxylic acids is 1. The first-order chi connectivity index (χ1) is 12.1. The Morgan fingerprint density at radius 2 is 1.69 bits per heavy atom. The SMILES string of the molecule is CC(=O)O[C@@H]1C[C@]23CC[C@@H]4[C@](C)(C(=O)O)CCC[C@@]4(C)C2CC[C@@]1(C)C3. The molecule has 4 rings (SSSR count). The quantitative estimate of drug-likeness (QED) is 0.716. The van der Waals surface area contributed by atoms with E-state index in [-0.39, 0.29) is 34.2 Å². The smallest absolute Gasteiger partial charge is 0.309 e. The Labute approximate surface area is 157 Å². The fourth-order valence-corrected chi connectivity index (χ4v) is 8.35. The molecule has 26 heavy (non-hydrogen) atoms. The molecule has 4 heteroatoms. The average Bonchev–Trinajstić information content (AvgIpc) is 2.72. The van der Waals surface area contributed by atoms with E-state index in [0.717, 1.165) is 57.8 Å². The van der Waals surface area contributed by atoms with Crippen molar-refractivity contribution in [2.45, 2.75) is 91.6 Å². The maximum absolute atomic E-state index is 12.2. The number of carbonyl (C=O) groups is 2. The van der Waals surface area contributed by atoms with Crippen LogP contribution >= 0.6 is 0 Å². The molecule has 0 amide bonds. The van der Waals surface area contributed by atoms with Crippen molar-refractivity contribution < 1.29 is 19.4 Å². The van der Waals surface area contributed by atoms with E-state index in [1.165, 1.54) is 6.92 Å². The molecule has 2 bridgehead atoms. The summed E-state index contributed by atoms with van der Waals surface area (Å²) in [6.45, 7) is 8.23. The van der Waals surface area contributed by atoms with Crippen molar-refractivity contribution in [3.63, 3.8) is 0 Å². The number of rotatable bonds is 2. The monoisotopic (exact) mass is 362 g/mol. The minimum atomic E-state index is -0.603. The number of esters is 1. The summed E-state index contributed by atoms with van der Waals surface area (Å²) in [5, 5.41) is 10.0. The topological polar surface area (TPSA) is 63.6 Å². The highest BCUT2D eigenvalue weighted by Gasteiger charge is 2.68. The maximum Gasteiger partial charge on any atom is 0.309 e. The molecular weight excluding hydrogens is 328 g/mol. The fraction of sp³-hybridized carbons (Fsp3) is 0.909. The molecule has 4 aliphatic rings. The summed E-state index contributed by atoms with van der Waals surface area (Å²) in [4.78, 5) is 23.8. The Morgan fingerprint density at radius 1 is 1.00 bits per heavy atom. The summed E-state index contributed by atoms with van der Waals surface area (Å²) in [5.74, 6) is 0.0809. The summed E-state index contributed by atoms with van der Waals surface area (Å²) < 4.78 is 5.79. The molecule has 7 atom stereocenters. The third-order valence-corrected chi connectivity index (χ3v) is 9.37. The van der Waals surface area contributed by atoms with Crippen LogP contribution in [0.1, 0.15) is 85.5 Å². The molecule has 4 saturated carbocycles. The highest BCUT2D eigenvalue weighted by atomic mass is 16.5. The molecular formula is C22H34O4. The Bertz CT molecular complexity index is 644. The van der Waals surface area contributed by atoms with Gasteiger partial charge in [0.15, 0.2) is 0 Å². The van der Waals surface area contributed by atoms with E-state index in [2.05, 4.69) is 13.8 Å². The fourth-order valence-electron chi connectivity index (χ4n) is 8.35. The van der Waals surface area contributed by atoms with Gasteiger partial charge in [-0.15, -0.1) is 0 Å². The highest BCUT2D eigenvalue weighted by Crippen LogP contribution is 2.74. The molecule has 4 fully saturated rings. The minimum absolute atomic E-state index is 0.0413. The predicted octanol–water partition coefficient (Wildman–Crippen LogP) is 4.81. The number of carboxylic acid groups (broad SMARTS) is 1. The molecule has 1 N–H and O–H groups in total. The van der Waals surface area contributed by atoms with Crippen LogP contribution in [0.5, 0.6) is 0 Å². The van der Waals surface area contributed by atoms with Gasteiger partial charge in [0.1, 0.15) is 6.10 Å². The van der Waals surface area contributed by atoms with E-state index in [1.54, 1.807) is 0 Å². The number of ether oxygens (including phenoxy) is 1. The lowest BCUT2D eigenvalue weighted by Crippen LogP contribution is -2.58. The van der Waals surface area contributed by atoms with Gasteiger partial charge in [0.05, 0.1) is 5.41 Å². The molecule has 0 aliphatic heterocycles. The zero-order valence-corrected chi connectivity index (χ0v) is 16.8. The first-order valence-electron chi connectivity index (χ1n) is 10.5. The van der Waals surface area contributed by atoms with E-state index in [1.807, 2.05) is 6.92 Å². The molecule has 0 aromatic heterocycles.